The van der Waals surface area contributed by atoms with E-state index in [1.807, 2.05) is 77.9 Å². The number of nitrogens with one attached hydrogen (secondary N) is 2. The average Bonchev–Trinajstić information content (AvgIpc) is 2.70. The van der Waals surface area contributed by atoms with Crippen molar-refractivity contribution in [3.63, 3.8) is 0 Å². The zero-order valence-electron chi connectivity index (χ0n) is 18.3. The molecule has 0 saturated carbocycles. The van der Waals surface area contributed by atoms with Gasteiger partial charge in [0.2, 0.25) is 0 Å². The summed E-state index contributed by atoms with van der Waals surface area (Å²) in [6, 6.07) is 16.0. The van der Waals surface area contributed by atoms with Gasteiger partial charge in [-0.3, -0.25) is 0 Å². The van der Waals surface area contributed by atoms with Gasteiger partial charge in [-0.05, 0) is 0 Å². The van der Waals surface area contributed by atoms with Crippen molar-refractivity contribution in [1.82, 2.24) is 0 Å². The second kappa shape index (κ2) is 9.73. The van der Waals surface area contributed by atoms with E-state index in [1.54, 1.807) is 0 Å². The molecule has 0 bridgehead atoms. The fraction of sp³-hybridized carbons (Fsp3) is 0.417. The Morgan fingerprint density at radius 3 is 1.41 bits per heavy atom. The zero-order chi connectivity index (χ0) is 21.7. The van der Waals surface area contributed by atoms with Crippen LogP contribution in [0.3, 0.4) is 0 Å². The Morgan fingerprint density at radius 1 is 0.724 bits per heavy atom. The van der Waals surface area contributed by atoms with Gasteiger partial charge in [-0.1, -0.05) is 0 Å². The Kier molecular flexibility index (Phi) is 7.84. The monoisotopic (exact) mass is 428 g/mol. The molecular formula is C24H32N2O2Ti. The van der Waals surface area contributed by atoms with Crippen LogP contribution >= 0.6 is 0 Å². The number of anilines is 2. The number of rotatable bonds is 8. The molecule has 0 fully saturated rings. The summed E-state index contributed by atoms with van der Waals surface area (Å²) >= 11 is -0.755. The van der Waals surface area contributed by atoms with E-state index >= 15 is 0 Å². The van der Waals surface area contributed by atoms with Crippen LogP contribution in [0.15, 0.2) is 48.5 Å². The molecule has 0 aliphatic rings. The van der Waals surface area contributed by atoms with E-state index in [0.29, 0.717) is 0 Å². The predicted molar refractivity (Wildman–Crippen MR) is 118 cm³/mol. The van der Waals surface area contributed by atoms with Gasteiger partial charge in [-0.2, -0.15) is 0 Å². The Morgan fingerprint density at radius 2 is 1.07 bits per heavy atom. The van der Waals surface area contributed by atoms with Crippen LogP contribution < -0.4 is 18.4 Å². The minimum absolute atomic E-state index is 0.0327. The number of para-hydroxylation sites is 2. The first-order chi connectivity index (χ1) is 13.6. The second-order valence-electron chi connectivity index (χ2n) is 8.60. The maximum atomic E-state index is 12.7. The predicted octanol–water partition coefficient (Wildman–Crippen LogP) is 4.47. The molecular weight excluding hydrogens is 396 g/mol. The van der Waals surface area contributed by atoms with Crippen molar-refractivity contribution in [2.45, 2.75) is 54.4 Å². The van der Waals surface area contributed by atoms with Gasteiger partial charge in [0.25, 0.3) is 0 Å². The molecule has 5 heteroatoms. The summed E-state index contributed by atoms with van der Waals surface area (Å²) in [5, 5.41) is 6.24. The Hall–Kier alpha value is -1.91. The third-order valence-corrected chi connectivity index (χ3v) is 7.82. The van der Waals surface area contributed by atoms with Crippen LogP contribution in [0.25, 0.3) is 0 Å². The summed E-state index contributed by atoms with van der Waals surface area (Å²) in [5.41, 5.74) is 0.915. The molecule has 0 aromatic heterocycles. The van der Waals surface area contributed by atoms with Crippen LogP contribution in [-0.2, 0) is 28.7 Å². The first kappa shape index (κ1) is 23.4. The van der Waals surface area contributed by atoms with Crippen LogP contribution in [0, 0.1) is 10.8 Å². The summed E-state index contributed by atoms with van der Waals surface area (Å²) < 4.78 is 2.29. The molecule has 0 atom stereocenters. The second-order valence-corrected chi connectivity index (χ2v) is 10.7. The number of carbonyl (C=O) groups excluding carboxylic acids is 2. The Balaban J connectivity index is 2.28. The van der Waals surface area contributed by atoms with Gasteiger partial charge in [0.15, 0.2) is 0 Å². The van der Waals surface area contributed by atoms with Crippen LogP contribution in [0.2, 0.25) is 0 Å². The van der Waals surface area contributed by atoms with E-state index in [1.165, 1.54) is 0 Å². The molecule has 0 heterocycles. The summed E-state index contributed by atoms with van der Waals surface area (Å²) in [5.74, 6) is 0.0654. The van der Waals surface area contributed by atoms with E-state index in [4.69, 9.17) is 0 Å². The van der Waals surface area contributed by atoms with Crippen LogP contribution in [0.4, 0.5) is 11.4 Å². The average molecular weight is 428 g/mol. The molecule has 2 aromatic rings. The first-order valence-electron chi connectivity index (χ1n) is 10.2. The number of carbonyl (C=O) groups is 2. The molecule has 2 aromatic carbocycles. The van der Waals surface area contributed by atoms with Crippen molar-refractivity contribution in [3.8, 4) is 0 Å². The molecule has 0 aliphatic carbocycles. The molecule has 2 rings (SSSR count). The SMILES string of the molecule is CCC(C)(C)C(=O)Nc1cccc[c]1[Ti][c]1ccccc1NC(=O)C(C)(C)CC. The van der Waals surface area contributed by atoms with Gasteiger partial charge in [-0.25, -0.2) is 0 Å². The maximum absolute atomic E-state index is 12.7. The normalized spacial score (nSPS) is 11.7. The fourth-order valence-electron chi connectivity index (χ4n) is 2.45. The van der Waals surface area contributed by atoms with E-state index in [2.05, 4.69) is 22.8 Å². The van der Waals surface area contributed by atoms with Crippen molar-refractivity contribution in [3.05, 3.63) is 48.5 Å². The topological polar surface area (TPSA) is 58.2 Å². The van der Waals surface area contributed by atoms with Gasteiger partial charge in [0.1, 0.15) is 0 Å². The minimum atomic E-state index is -0.755. The molecule has 0 unspecified atom stereocenters. The van der Waals surface area contributed by atoms with Crippen molar-refractivity contribution in [2.75, 3.05) is 10.6 Å². The van der Waals surface area contributed by atoms with Gasteiger partial charge >= 0.3 is 184 Å². The van der Waals surface area contributed by atoms with E-state index in [-0.39, 0.29) is 11.8 Å². The standard InChI is InChI=1S/2C12H16NO.Ti/c2*1-4-12(2,3)11(14)13-10-8-6-5-7-9-10;/h2*5-8H,4H2,1-3H3,(H,13,14);. The van der Waals surface area contributed by atoms with Crippen LogP contribution in [-0.4, -0.2) is 11.8 Å². The van der Waals surface area contributed by atoms with Gasteiger partial charge in [0.05, 0.1) is 0 Å². The molecule has 154 valence electrons. The molecule has 0 saturated heterocycles. The molecule has 0 spiro atoms. The molecule has 29 heavy (non-hydrogen) atoms. The van der Waals surface area contributed by atoms with E-state index in [9.17, 15) is 9.59 Å². The van der Waals surface area contributed by atoms with Crippen LogP contribution in [0.1, 0.15) is 54.4 Å². The summed E-state index contributed by atoms with van der Waals surface area (Å²) in [4.78, 5) is 25.3. The van der Waals surface area contributed by atoms with Crippen molar-refractivity contribution in [1.29, 1.82) is 0 Å². The molecule has 4 nitrogen and oxygen atoms in total. The first-order valence-corrected chi connectivity index (χ1v) is 11.7. The van der Waals surface area contributed by atoms with Crippen molar-refractivity contribution >= 4 is 30.9 Å². The van der Waals surface area contributed by atoms with Gasteiger partial charge in [-0.15, -0.1) is 0 Å². The van der Waals surface area contributed by atoms with E-state index in [0.717, 1.165) is 32.0 Å². The quantitative estimate of drug-likeness (QED) is 0.610. The van der Waals surface area contributed by atoms with Gasteiger partial charge in [0, 0.05) is 0 Å². The van der Waals surface area contributed by atoms with Gasteiger partial charge < -0.3 is 0 Å². The molecule has 2 N–H and O–H groups in total. The number of amides is 2. The number of hydrogen-bond acceptors (Lipinski definition) is 2. The third-order valence-electron chi connectivity index (χ3n) is 5.62. The van der Waals surface area contributed by atoms with E-state index < -0.39 is 30.0 Å². The fourth-order valence-corrected chi connectivity index (χ4v) is 4.34. The molecule has 2 amide bonds. The zero-order valence-corrected chi connectivity index (χ0v) is 19.9. The number of benzene rings is 2. The molecule has 0 radical (unpaired) electrons. The summed E-state index contributed by atoms with van der Waals surface area (Å²) in [7, 11) is 0. The summed E-state index contributed by atoms with van der Waals surface area (Å²) in [6.07, 6.45) is 1.55. The van der Waals surface area contributed by atoms with Crippen molar-refractivity contribution in [2.24, 2.45) is 10.8 Å². The van der Waals surface area contributed by atoms with Crippen molar-refractivity contribution < 1.29 is 28.7 Å². The third kappa shape index (κ3) is 6.04. The number of hydrogen-bond donors (Lipinski definition) is 2. The van der Waals surface area contributed by atoms with Crippen LogP contribution in [0.5, 0.6) is 0 Å². The Labute approximate surface area is 183 Å². The Bertz CT molecular complexity index is 803. The summed E-state index contributed by atoms with van der Waals surface area (Å²) in [6.45, 7) is 11.9. The molecule has 0 aliphatic heterocycles.